The number of nitrogens with zero attached hydrogens (tertiary/aromatic N) is 2. The fourth-order valence-electron chi connectivity index (χ4n) is 6.52. The minimum Gasteiger partial charge on any atom is -0.489 e. The molecule has 6 rings (SSSR count). The molecule has 6 heteroatoms. The van der Waals surface area contributed by atoms with Crippen LogP contribution in [-0.4, -0.2) is 54.7 Å². The second-order valence-corrected chi connectivity index (χ2v) is 12.7. The van der Waals surface area contributed by atoms with Crippen molar-refractivity contribution in [1.82, 2.24) is 9.80 Å². The predicted molar refractivity (Wildman–Crippen MR) is 164 cm³/mol. The molecule has 3 atom stereocenters. The van der Waals surface area contributed by atoms with Gasteiger partial charge in [0.1, 0.15) is 23.7 Å². The molecule has 218 valence electrons. The Morgan fingerprint density at radius 1 is 0.927 bits per heavy atom. The van der Waals surface area contributed by atoms with Crippen molar-refractivity contribution in [1.29, 1.82) is 0 Å². The zero-order chi connectivity index (χ0) is 28.4. The van der Waals surface area contributed by atoms with Gasteiger partial charge in [-0.25, -0.2) is 0 Å². The number of ether oxygens (including phenoxy) is 3. The topological polar surface area (TPSA) is 46.2 Å². The van der Waals surface area contributed by atoms with Crippen molar-refractivity contribution in [3.8, 4) is 11.5 Å². The molecule has 6 nitrogen and oxygen atoms in total. The Labute approximate surface area is 245 Å². The summed E-state index contributed by atoms with van der Waals surface area (Å²) in [4.78, 5) is 4.94. The highest BCUT2D eigenvalue weighted by atomic mass is 16.5. The van der Waals surface area contributed by atoms with Gasteiger partial charge in [0.2, 0.25) is 0 Å². The van der Waals surface area contributed by atoms with Crippen molar-refractivity contribution >= 4 is 5.69 Å². The Bertz CT molecular complexity index is 1320. The molecular formula is C35H45N3O3. The van der Waals surface area contributed by atoms with Crippen molar-refractivity contribution in [2.24, 2.45) is 5.92 Å². The first-order valence-corrected chi connectivity index (χ1v) is 15.3. The van der Waals surface area contributed by atoms with Crippen LogP contribution in [0.3, 0.4) is 0 Å². The van der Waals surface area contributed by atoms with Gasteiger partial charge in [0.25, 0.3) is 0 Å². The van der Waals surface area contributed by atoms with E-state index >= 15 is 0 Å². The van der Waals surface area contributed by atoms with Gasteiger partial charge in [0, 0.05) is 62.0 Å². The van der Waals surface area contributed by atoms with Crippen LogP contribution in [0.4, 0.5) is 5.69 Å². The van der Waals surface area contributed by atoms with Crippen LogP contribution in [0.15, 0.2) is 66.7 Å². The van der Waals surface area contributed by atoms with Crippen LogP contribution in [0.25, 0.3) is 0 Å². The number of anilines is 1. The van der Waals surface area contributed by atoms with Crippen molar-refractivity contribution in [3.05, 3.63) is 89.0 Å². The summed E-state index contributed by atoms with van der Waals surface area (Å²) >= 11 is 0. The van der Waals surface area contributed by atoms with Crippen molar-refractivity contribution in [2.75, 3.05) is 38.5 Å². The minimum atomic E-state index is -0.285. The van der Waals surface area contributed by atoms with E-state index in [4.69, 9.17) is 14.2 Å². The number of nitrogens with one attached hydrogen (secondary N) is 1. The van der Waals surface area contributed by atoms with E-state index in [1.165, 1.54) is 5.56 Å². The Morgan fingerprint density at radius 2 is 1.71 bits per heavy atom. The third kappa shape index (κ3) is 6.56. The first-order chi connectivity index (χ1) is 19.8. The molecule has 3 aliphatic rings. The van der Waals surface area contributed by atoms with E-state index in [2.05, 4.69) is 104 Å². The zero-order valence-corrected chi connectivity index (χ0v) is 25.1. The first-order valence-electron chi connectivity index (χ1n) is 15.3. The number of hydrogen-bond acceptors (Lipinski definition) is 6. The second-order valence-electron chi connectivity index (χ2n) is 12.7. The molecule has 41 heavy (non-hydrogen) atoms. The van der Waals surface area contributed by atoms with Gasteiger partial charge >= 0.3 is 0 Å². The van der Waals surface area contributed by atoms with Gasteiger partial charge in [-0.3, -0.25) is 4.90 Å². The number of rotatable bonds is 8. The highest BCUT2D eigenvalue weighted by molar-refractivity contribution is 5.52. The molecular weight excluding hydrogens is 510 g/mol. The lowest BCUT2D eigenvalue weighted by atomic mass is 9.75. The average Bonchev–Trinajstić information content (AvgIpc) is 2.96. The SMILES string of the molecule is C[C@H]1CC[C@H]2[C@H](O1)c1cc(OCc3ccccc3)c(CNc3cccc(CN4CCN(C)CC4)c3)cc1OC2(C)C. The fraction of sp³-hybridized carbons (Fsp3) is 0.486. The highest BCUT2D eigenvalue weighted by Crippen LogP contribution is 2.52. The number of hydrogen-bond donors (Lipinski definition) is 1. The van der Waals surface area contributed by atoms with Gasteiger partial charge in [-0.15, -0.1) is 0 Å². The summed E-state index contributed by atoms with van der Waals surface area (Å²) in [6, 6.07) is 23.5. The standard InChI is InChI=1S/C35H45N3O3/c1-25-13-14-31-34(40-25)30-21-32(39-24-26-9-6-5-7-10-26)28(20-33(30)41-35(31,2)3)22-36-29-12-8-11-27(19-29)23-38-17-15-37(4)16-18-38/h5-12,19-21,25,31,34,36H,13-18,22-24H2,1-4H3/t25-,31-,34+/m0/s1. The molecule has 0 bridgehead atoms. The molecule has 1 N–H and O–H groups in total. The van der Waals surface area contributed by atoms with Crippen LogP contribution in [-0.2, 0) is 24.4 Å². The molecule has 3 heterocycles. The molecule has 0 unspecified atom stereocenters. The van der Waals surface area contributed by atoms with E-state index in [-0.39, 0.29) is 17.8 Å². The predicted octanol–water partition coefficient (Wildman–Crippen LogP) is 6.65. The Balaban J connectivity index is 1.24. The first kappa shape index (κ1) is 28.1. The summed E-state index contributed by atoms with van der Waals surface area (Å²) in [5.41, 5.74) is 5.52. The van der Waals surface area contributed by atoms with E-state index in [9.17, 15) is 0 Å². The molecule has 0 saturated carbocycles. The molecule has 0 amide bonds. The van der Waals surface area contributed by atoms with Crippen LogP contribution < -0.4 is 14.8 Å². The summed E-state index contributed by atoms with van der Waals surface area (Å²) in [6.45, 7) is 13.2. The van der Waals surface area contributed by atoms with E-state index in [1.807, 2.05) is 6.07 Å². The molecule has 3 aliphatic heterocycles. The van der Waals surface area contributed by atoms with Gasteiger partial charge < -0.3 is 24.4 Å². The quantitative estimate of drug-likeness (QED) is 0.336. The summed E-state index contributed by atoms with van der Waals surface area (Å²) in [7, 11) is 2.20. The van der Waals surface area contributed by atoms with E-state index in [0.717, 1.165) is 79.4 Å². The summed E-state index contributed by atoms with van der Waals surface area (Å²) in [5.74, 6) is 2.12. The van der Waals surface area contributed by atoms with Gasteiger partial charge in [-0.05, 0) is 76.1 Å². The largest absolute Gasteiger partial charge is 0.489 e. The Morgan fingerprint density at radius 3 is 2.51 bits per heavy atom. The molecule has 3 aromatic rings. The maximum Gasteiger partial charge on any atom is 0.126 e. The minimum absolute atomic E-state index is 0.0184. The van der Waals surface area contributed by atoms with E-state index < -0.39 is 0 Å². The molecule has 0 radical (unpaired) electrons. The molecule has 2 fully saturated rings. The van der Waals surface area contributed by atoms with E-state index in [0.29, 0.717) is 19.1 Å². The van der Waals surface area contributed by atoms with Crippen LogP contribution >= 0.6 is 0 Å². The summed E-state index contributed by atoms with van der Waals surface area (Å²) in [6.07, 6.45) is 2.43. The summed E-state index contributed by atoms with van der Waals surface area (Å²) < 4.78 is 19.7. The number of benzene rings is 3. The van der Waals surface area contributed by atoms with Crippen molar-refractivity contribution < 1.29 is 14.2 Å². The van der Waals surface area contributed by atoms with Crippen LogP contribution in [0.1, 0.15) is 62.0 Å². The molecule has 0 aliphatic carbocycles. The smallest absolute Gasteiger partial charge is 0.126 e. The molecule has 3 aromatic carbocycles. The van der Waals surface area contributed by atoms with Gasteiger partial charge in [-0.1, -0.05) is 42.5 Å². The van der Waals surface area contributed by atoms with Crippen molar-refractivity contribution in [2.45, 2.75) is 71.1 Å². The molecule has 0 aromatic heterocycles. The van der Waals surface area contributed by atoms with Crippen LogP contribution in [0.5, 0.6) is 11.5 Å². The van der Waals surface area contributed by atoms with Gasteiger partial charge in [-0.2, -0.15) is 0 Å². The second kappa shape index (κ2) is 12.0. The number of likely N-dealkylation sites (N-methyl/N-ethyl adjacent to an activating group) is 1. The van der Waals surface area contributed by atoms with Crippen LogP contribution in [0, 0.1) is 5.92 Å². The Kier molecular flexibility index (Phi) is 8.25. The number of piperazine rings is 1. The summed E-state index contributed by atoms with van der Waals surface area (Å²) in [5, 5.41) is 3.68. The average molecular weight is 556 g/mol. The van der Waals surface area contributed by atoms with Crippen LogP contribution in [0.2, 0.25) is 0 Å². The maximum absolute atomic E-state index is 6.67. The lowest BCUT2D eigenvalue weighted by molar-refractivity contribution is -0.144. The monoisotopic (exact) mass is 555 g/mol. The third-order valence-corrected chi connectivity index (χ3v) is 9.04. The van der Waals surface area contributed by atoms with Gasteiger partial charge in [0.05, 0.1) is 12.2 Å². The zero-order valence-electron chi connectivity index (χ0n) is 25.1. The molecule has 0 spiro atoms. The molecule has 2 saturated heterocycles. The fourth-order valence-corrected chi connectivity index (χ4v) is 6.52. The van der Waals surface area contributed by atoms with E-state index in [1.54, 1.807) is 0 Å². The highest BCUT2D eigenvalue weighted by Gasteiger charge is 2.47. The Hall–Kier alpha value is -3.06. The lowest BCUT2D eigenvalue weighted by Gasteiger charge is -2.48. The van der Waals surface area contributed by atoms with Crippen molar-refractivity contribution in [3.63, 3.8) is 0 Å². The number of fused-ring (bicyclic) bond motifs is 3. The lowest BCUT2D eigenvalue weighted by Crippen LogP contribution is -2.48. The van der Waals surface area contributed by atoms with Gasteiger partial charge in [0.15, 0.2) is 0 Å². The normalized spacial score (nSPS) is 24.1. The maximum atomic E-state index is 6.67. The third-order valence-electron chi connectivity index (χ3n) is 9.04.